The topological polar surface area (TPSA) is 85.1 Å². The summed E-state index contributed by atoms with van der Waals surface area (Å²) in [5, 5.41) is 10.3. The number of unbranched alkanes of at least 4 members (excludes halogenated alkanes) is 4. The van der Waals surface area contributed by atoms with E-state index < -0.39 is 23.7 Å². The molecule has 2 aromatic rings. The van der Waals surface area contributed by atoms with Gasteiger partial charge in [-0.15, -0.1) is 0 Å². The normalized spacial score (nSPS) is 11.8. The summed E-state index contributed by atoms with van der Waals surface area (Å²) in [5.74, 6) is -17.0. The van der Waals surface area contributed by atoms with Crippen LogP contribution in [-0.4, -0.2) is 23.7 Å². The Morgan fingerprint density at radius 3 is 2.21 bits per heavy atom. The number of carboxylic acids is 1. The number of carboxylic acid groups (broad SMARTS) is 1. The number of hydrogen-bond donors (Lipinski definition) is 2. The van der Waals surface area contributed by atoms with Crippen LogP contribution in [0.25, 0.3) is 0 Å². The van der Waals surface area contributed by atoms with Gasteiger partial charge >= 0.3 is 17.8 Å². The Kier molecular flexibility index (Phi) is 9.83. The van der Waals surface area contributed by atoms with E-state index in [1.807, 2.05) is 24.5 Å². The zero-order valence-corrected chi connectivity index (χ0v) is 19.0. The predicted octanol–water partition coefficient (Wildman–Crippen LogP) is 3.19. The third kappa shape index (κ3) is 7.16. The number of nitrogens with zero attached hydrogens (tertiary/aromatic N) is 1. The van der Waals surface area contributed by atoms with Gasteiger partial charge in [0.25, 0.3) is 0 Å². The lowest BCUT2D eigenvalue weighted by molar-refractivity contribution is -0.697. The highest BCUT2D eigenvalue weighted by atomic mass is 19.3. The highest BCUT2D eigenvalue weighted by Gasteiger charge is 2.63. The smallest absolute Gasteiger partial charge is 0.393 e. The van der Waals surface area contributed by atoms with Gasteiger partial charge in [0.05, 0.1) is 5.69 Å². The number of aliphatic carboxylic acids is 1. The molecule has 0 atom stereocenters. The third-order valence-electron chi connectivity index (χ3n) is 5.43. The van der Waals surface area contributed by atoms with E-state index in [1.54, 1.807) is 18.2 Å². The highest BCUT2D eigenvalue weighted by Crippen LogP contribution is 2.34. The zero-order valence-electron chi connectivity index (χ0n) is 19.0. The number of aryl methyl sites for hydroxylation is 3. The maximum Gasteiger partial charge on any atom is 0.393 e. The van der Waals surface area contributed by atoms with Crippen LogP contribution in [0.1, 0.15) is 50.2 Å². The lowest BCUT2D eigenvalue weighted by Gasteiger charge is -2.26. The van der Waals surface area contributed by atoms with E-state index >= 15 is 0 Å². The van der Waals surface area contributed by atoms with Crippen LogP contribution in [-0.2, 0) is 29.0 Å². The quantitative estimate of drug-likeness (QED) is 0.187. The molecule has 0 saturated carbocycles. The van der Waals surface area contributed by atoms with Crippen LogP contribution in [0, 0.1) is 0 Å². The molecule has 1 amide bonds. The Bertz CT molecular complexity index is 953. The first kappa shape index (κ1) is 27.1. The van der Waals surface area contributed by atoms with Crippen molar-refractivity contribution >= 4 is 17.6 Å². The van der Waals surface area contributed by atoms with Gasteiger partial charge < -0.3 is 9.90 Å². The van der Waals surface area contributed by atoms with Crippen molar-refractivity contribution in [1.82, 2.24) is 5.43 Å². The summed E-state index contributed by atoms with van der Waals surface area (Å²) in [6.45, 7) is 3.12. The summed E-state index contributed by atoms with van der Waals surface area (Å²) in [5.41, 5.74) is 5.56. The van der Waals surface area contributed by atoms with Gasteiger partial charge in [-0.1, -0.05) is 44.4 Å². The van der Waals surface area contributed by atoms with E-state index in [0.29, 0.717) is 18.4 Å². The molecule has 186 valence electrons. The van der Waals surface area contributed by atoms with E-state index in [-0.39, 0.29) is 5.69 Å². The predicted molar refractivity (Wildman–Crippen MR) is 116 cm³/mol. The first-order valence-corrected chi connectivity index (χ1v) is 11.2. The SMILES string of the molecule is CCCCCCC[n+]1ccc(CCc2ccccc2NNC(=O)C(F)(F)C(F)(F)C(=O)[O-])cc1. The molecule has 0 radical (unpaired) electrons. The maximum absolute atomic E-state index is 13.6. The fourth-order valence-corrected chi connectivity index (χ4v) is 3.31. The number of amides is 1. The summed E-state index contributed by atoms with van der Waals surface area (Å²) < 4.78 is 55.5. The molecule has 2 N–H and O–H groups in total. The molecule has 1 aromatic carbocycles. The summed E-state index contributed by atoms with van der Waals surface area (Å²) in [7, 11) is 0. The van der Waals surface area contributed by atoms with Gasteiger partial charge in [0, 0.05) is 18.6 Å². The number of hydrogen-bond acceptors (Lipinski definition) is 4. The third-order valence-corrected chi connectivity index (χ3v) is 5.43. The number of anilines is 1. The molecule has 2 rings (SSSR count). The number of carbonyl (C=O) groups excluding carboxylic acids is 2. The molecule has 0 fully saturated rings. The lowest BCUT2D eigenvalue weighted by Crippen LogP contribution is -2.61. The average Bonchev–Trinajstić information content (AvgIpc) is 2.82. The number of para-hydroxylation sites is 1. The monoisotopic (exact) mass is 483 g/mol. The lowest BCUT2D eigenvalue weighted by atomic mass is 10.0. The number of rotatable bonds is 14. The fraction of sp³-hybridized carbons (Fsp3) is 0.458. The van der Waals surface area contributed by atoms with Crippen molar-refractivity contribution < 1.29 is 36.8 Å². The second kappa shape index (κ2) is 12.3. The highest BCUT2D eigenvalue weighted by molar-refractivity contribution is 5.92. The number of nitrogens with one attached hydrogen (secondary N) is 2. The molecule has 0 aliphatic heterocycles. The van der Waals surface area contributed by atoms with Gasteiger partial charge in [0.15, 0.2) is 12.4 Å². The molecule has 0 spiro atoms. The molecule has 0 aliphatic rings. The Balaban J connectivity index is 1.92. The van der Waals surface area contributed by atoms with Crippen molar-refractivity contribution in [2.45, 2.75) is 70.3 Å². The van der Waals surface area contributed by atoms with Crippen LogP contribution in [0.3, 0.4) is 0 Å². The van der Waals surface area contributed by atoms with Crippen molar-refractivity contribution in [3.63, 3.8) is 0 Å². The minimum atomic E-state index is -5.65. The standard InChI is InChI=1S/C24H29F4N3O3/c1-2-3-4-5-8-15-31-16-13-18(14-17-31)11-12-19-9-6-7-10-20(19)29-30-21(32)23(25,26)24(27,28)22(33)34/h6-7,9-10,13-14,16-17,29H,2-5,8,11-12,15H2,1H3,(H-,30,32,33,34). The fourth-order valence-electron chi connectivity index (χ4n) is 3.31. The van der Waals surface area contributed by atoms with Crippen LogP contribution >= 0.6 is 0 Å². The van der Waals surface area contributed by atoms with Crippen molar-refractivity contribution in [2.75, 3.05) is 5.43 Å². The number of aromatic nitrogens is 1. The van der Waals surface area contributed by atoms with Gasteiger partial charge in [0.1, 0.15) is 12.5 Å². The van der Waals surface area contributed by atoms with Gasteiger partial charge in [-0.25, -0.2) is 4.57 Å². The number of benzene rings is 1. The molecule has 1 aromatic heterocycles. The molecule has 6 nitrogen and oxygen atoms in total. The first-order valence-electron chi connectivity index (χ1n) is 11.2. The summed E-state index contributed by atoms with van der Waals surface area (Å²) in [6.07, 6.45) is 11.1. The van der Waals surface area contributed by atoms with E-state index in [1.165, 1.54) is 37.2 Å². The Labute approximate surface area is 196 Å². The Hall–Kier alpha value is -3.17. The second-order valence-corrected chi connectivity index (χ2v) is 8.03. The Morgan fingerprint density at radius 2 is 1.56 bits per heavy atom. The molecule has 34 heavy (non-hydrogen) atoms. The van der Waals surface area contributed by atoms with Gasteiger partial charge in [-0.05, 0) is 36.5 Å². The number of alkyl halides is 4. The van der Waals surface area contributed by atoms with E-state index in [2.05, 4.69) is 16.9 Å². The molecule has 0 aliphatic carbocycles. The number of pyridine rings is 1. The average molecular weight is 484 g/mol. The first-order chi connectivity index (χ1) is 16.1. The van der Waals surface area contributed by atoms with Crippen LogP contribution < -0.4 is 20.5 Å². The second-order valence-electron chi connectivity index (χ2n) is 8.03. The molecular weight excluding hydrogens is 454 g/mol. The summed E-state index contributed by atoms with van der Waals surface area (Å²) in [6, 6.07) is 10.4. The maximum atomic E-state index is 13.6. The van der Waals surface area contributed by atoms with Gasteiger partial charge in [-0.3, -0.25) is 15.6 Å². The molecular formula is C24H29F4N3O3. The van der Waals surface area contributed by atoms with E-state index in [9.17, 15) is 32.3 Å². The van der Waals surface area contributed by atoms with E-state index in [4.69, 9.17) is 0 Å². The number of carbonyl (C=O) groups is 2. The minimum Gasteiger partial charge on any atom is -0.544 e. The zero-order chi connectivity index (χ0) is 25.2. The number of hydrazine groups is 1. The molecule has 0 bridgehead atoms. The summed E-state index contributed by atoms with van der Waals surface area (Å²) >= 11 is 0. The summed E-state index contributed by atoms with van der Waals surface area (Å²) in [4.78, 5) is 21.8. The largest absolute Gasteiger partial charge is 0.544 e. The van der Waals surface area contributed by atoms with Crippen LogP contribution in [0.4, 0.5) is 23.2 Å². The van der Waals surface area contributed by atoms with Crippen molar-refractivity contribution in [3.8, 4) is 0 Å². The van der Waals surface area contributed by atoms with Crippen molar-refractivity contribution in [3.05, 3.63) is 59.9 Å². The minimum absolute atomic E-state index is 0.224. The van der Waals surface area contributed by atoms with Gasteiger partial charge in [0.2, 0.25) is 0 Å². The molecule has 1 heterocycles. The van der Waals surface area contributed by atoms with Crippen LogP contribution in [0.15, 0.2) is 48.8 Å². The van der Waals surface area contributed by atoms with Crippen LogP contribution in [0.5, 0.6) is 0 Å². The van der Waals surface area contributed by atoms with Crippen molar-refractivity contribution in [2.24, 2.45) is 0 Å². The molecule has 0 unspecified atom stereocenters. The van der Waals surface area contributed by atoms with Gasteiger partial charge in [-0.2, -0.15) is 17.6 Å². The molecule has 0 saturated heterocycles. The van der Waals surface area contributed by atoms with Crippen LogP contribution in [0.2, 0.25) is 0 Å². The Morgan fingerprint density at radius 1 is 0.912 bits per heavy atom. The van der Waals surface area contributed by atoms with Crippen molar-refractivity contribution in [1.29, 1.82) is 0 Å². The molecule has 10 heteroatoms. The number of halogens is 4. The van der Waals surface area contributed by atoms with E-state index in [0.717, 1.165) is 18.5 Å².